The topological polar surface area (TPSA) is 81.9 Å². The Kier molecular flexibility index (Phi) is 5.43. The first-order valence-corrected chi connectivity index (χ1v) is 8.92. The third-order valence-electron chi connectivity index (χ3n) is 3.82. The number of methoxy groups -OCH3 is 2. The van der Waals surface area contributed by atoms with Gasteiger partial charge in [-0.25, -0.2) is 0 Å². The number of hydrogen-bond acceptors (Lipinski definition) is 7. The maximum atomic E-state index is 12.8. The van der Waals surface area contributed by atoms with Gasteiger partial charge in [-0.3, -0.25) is 19.8 Å². The molecular formula is C18H14N2O5S2. The molecule has 1 heterocycles. The molecule has 1 amide bonds. The zero-order valence-corrected chi connectivity index (χ0v) is 16.0. The third-order valence-corrected chi connectivity index (χ3v) is 5.12. The van der Waals surface area contributed by atoms with Crippen molar-refractivity contribution in [3.8, 4) is 11.5 Å². The quantitative estimate of drug-likeness (QED) is 0.323. The van der Waals surface area contributed by atoms with Crippen molar-refractivity contribution in [3.63, 3.8) is 0 Å². The number of amides is 1. The van der Waals surface area contributed by atoms with Crippen molar-refractivity contribution in [2.75, 3.05) is 19.1 Å². The van der Waals surface area contributed by atoms with Gasteiger partial charge in [0.05, 0.1) is 29.7 Å². The van der Waals surface area contributed by atoms with Crippen molar-refractivity contribution in [2.24, 2.45) is 0 Å². The van der Waals surface area contributed by atoms with E-state index in [9.17, 15) is 14.9 Å². The number of carbonyl (C=O) groups excluding carboxylic acids is 1. The summed E-state index contributed by atoms with van der Waals surface area (Å²) in [5, 5.41) is 11.3. The van der Waals surface area contributed by atoms with Gasteiger partial charge >= 0.3 is 5.69 Å². The minimum atomic E-state index is -0.551. The standard InChI is InChI=1S/C18H14N2O5S2/c1-24-14-10-15(25-2)13(20(22)23)8-11(14)9-16-17(21)19(18(26)27-16)12-6-4-3-5-7-12/h3-10H,1-2H3/b16-9+. The highest BCUT2D eigenvalue weighted by Gasteiger charge is 2.33. The van der Waals surface area contributed by atoms with E-state index in [1.54, 1.807) is 12.1 Å². The van der Waals surface area contributed by atoms with Gasteiger partial charge in [0.25, 0.3) is 5.91 Å². The molecule has 3 rings (SSSR count). The number of hydrogen-bond donors (Lipinski definition) is 0. The minimum absolute atomic E-state index is 0.0748. The molecule has 0 spiro atoms. The van der Waals surface area contributed by atoms with Crippen molar-refractivity contribution >= 4 is 51.7 Å². The highest BCUT2D eigenvalue weighted by molar-refractivity contribution is 8.27. The highest BCUT2D eigenvalue weighted by atomic mass is 32.2. The SMILES string of the molecule is COc1cc(OC)c([N+](=O)[O-])cc1/C=C1/SC(=S)N(c2ccccc2)C1=O. The van der Waals surface area contributed by atoms with Gasteiger partial charge in [-0.05, 0) is 18.2 Å². The van der Waals surface area contributed by atoms with E-state index < -0.39 is 4.92 Å². The van der Waals surface area contributed by atoms with Crippen LogP contribution in [-0.2, 0) is 4.79 Å². The molecule has 2 aromatic carbocycles. The maximum absolute atomic E-state index is 12.8. The van der Waals surface area contributed by atoms with Gasteiger partial charge in [0.1, 0.15) is 5.75 Å². The van der Waals surface area contributed by atoms with Crippen molar-refractivity contribution in [2.45, 2.75) is 0 Å². The van der Waals surface area contributed by atoms with Gasteiger partial charge in [0, 0.05) is 17.7 Å². The largest absolute Gasteiger partial charge is 0.496 e. The van der Waals surface area contributed by atoms with Crippen LogP contribution in [0.15, 0.2) is 47.4 Å². The summed E-state index contributed by atoms with van der Waals surface area (Å²) in [6.07, 6.45) is 1.54. The molecule has 0 radical (unpaired) electrons. The van der Waals surface area contributed by atoms with E-state index in [0.717, 1.165) is 11.8 Å². The number of nitrogens with zero attached hydrogens (tertiary/aromatic N) is 2. The molecule has 0 aliphatic carbocycles. The summed E-state index contributed by atoms with van der Waals surface area (Å²) in [4.78, 5) is 25.3. The fourth-order valence-corrected chi connectivity index (χ4v) is 3.86. The minimum Gasteiger partial charge on any atom is -0.496 e. The predicted molar refractivity (Wildman–Crippen MR) is 108 cm³/mol. The number of para-hydroxylation sites is 1. The Labute approximate surface area is 164 Å². The van der Waals surface area contributed by atoms with E-state index in [0.29, 0.717) is 26.2 Å². The predicted octanol–water partition coefficient (Wildman–Crippen LogP) is 4.02. The van der Waals surface area contributed by atoms with Crippen LogP contribution in [0, 0.1) is 10.1 Å². The zero-order chi connectivity index (χ0) is 19.6. The molecule has 1 fully saturated rings. The number of nitro groups is 1. The lowest BCUT2D eigenvalue weighted by molar-refractivity contribution is -0.385. The van der Waals surface area contributed by atoms with E-state index >= 15 is 0 Å². The number of anilines is 1. The van der Waals surface area contributed by atoms with Crippen molar-refractivity contribution in [1.29, 1.82) is 0 Å². The average molecular weight is 402 g/mol. The van der Waals surface area contributed by atoms with Gasteiger partial charge in [-0.2, -0.15) is 0 Å². The first kappa shape index (κ1) is 18.9. The molecule has 0 unspecified atom stereocenters. The Bertz CT molecular complexity index is 960. The van der Waals surface area contributed by atoms with E-state index in [1.165, 1.54) is 37.3 Å². The van der Waals surface area contributed by atoms with Gasteiger partial charge in [-0.1, -0.05) is 42.2 Å². The van der Waals surface area contributed by atoms with Crippen LogP contribution >= 0.6 is 24.0 Å². The summed E-state index contributed by atoms with van der Waals surface area (Å²) in [6, 6.07) is 11.8. The molecule has 0 N–H and O–H groups in total. The summed E-state index contributed by atoms with van der Waals surface area (Å²) in [5.41, 5.74) is 0.831. The number of carbonyl (C=O) groups is 1. The molecule has 0 atom stereocenters. The lowest BCUT2D eigenvalue weighted by atomic mass is 10.1. The summed E-state index contributed by atoms with van der Waals surface area (Å²) in [6.45, 7) is 0. The van der Waals surface area contributed by atoms with Crippen molar-refractivity contribution in [1.82, 2.24) is 0 Å². The summed E-state index contributed by atoms with van der Waals surface area (Å²) in [7, 11) is 2.78. The summed E-state index contributed by atoms with van der Waals surface area (Å²) >= 11 is 6.46. The van der Waals surface area contributed by atoms with Crippen LogP contribution in [-0.4, -0.2) is 29.4 Å². The van der Waals surface area contributed by atoms with E-state index in [1.807, 2.05) is 18.2 Å². The number of thiocarbonyl (C=S) groups is 1. The smallest absolute Gasteiger partial charge is 0.311 e. The summed E-state index contributed by atoms with van der Waals surface area (Å²) in [5.74, 6) is 0.130. The molecule has 7 nitrogen and oxygen atoms in total. The Balaban J connectivity index is 2.04. The monoisotopic (exact) mass is 402 g/mol. The van der Waals surface area contributed by atoms with Crippen LogP contribution in [0.5, 0.6) is 11.5 Å². The molecule has 0 bridgehead atoms. The summed E-state index contributed by atoms with van der Waals surface area (Å²) < 4.78 is 10.7. The van der Waals surface area contributed by atoms with Crippen LogP contribution in [0.1, 0.15) is 5.56 Å². The van der Waals surface area contributed by atoms with Crippen LogP contribution in [0.25, 0.3) is 6.08 Å². The average Bonchev–Trinajstić information content (AvgIpc) is 2.95. The van der Waals surface area contributed by atoms with Crippen molar-refractivity contribution < 1.29 is 19.2 Å². The Morgan fingerprint density at radius 2 is 1.81 bits per heavy atom. The third kappa shape index (κ3) is 3.64. The normalized spacial score (nSPS) is 15.3. The van der Waals surface area contributed by atoms with E-state index in [2.05, 4.69) is 0 Å². The lowest BCUT2D eigenvalue weighted by Gasteiger charge is -2.13. The van der Waals surface area contributed by atoms with Gasteiger partial charge in [-0.15, -0.1) is 0 Å². The second-order valence-corrected chi connectivity index (χ2v) is 7.05. The second kappa shape index (κ2) is 7.77. The number of thioether (sulfide) groups is 1. The van der Waals surface area contributed by atoms with Crippen molar-refractivity contribution in [3.05, 3.63) is 63.0 Å². The molecule has 9 heteroatoms. The number of ether oxygens (including phenoxy) is 2. The molecule has 1 aliphatic rings. The number of rotatable bonds is 5. The van der Waals surface area contributed by atoms with E-state index in [4.69, 9.17) is 21.7 Å². The number of benzene rings is 2. The van der Waals surface area contributed by atoms with Gasteiger partial charge < -0.3 is 9.47 Å². The van der Waals surface area contributed by atoms with Crippen LogP contribution in [0.2, 0.25) is 0 Å². The van der Waals surface area contributed by atoms with Gasteiger partial charge in [0.15, 0.2) is 4.32 Å². The first-order valence-electron chi connectivity index (χ1n) is 7.69. The Hall–Kier alpha value is -2.91. The van der Waals surface area contributed by atoms with Crippen LogP contribution in [0.3, 0.4) is 0 Å². The Morgan fingerprint density at radius 3 is 2.41 bits per heavy atom. The van der Waals surface area contributed by atoms with E-state index in [-0.39, 0.29) is 17.3 Å². The highest BCUT2D eigenvalue weighted by Crippen LogP contribution is 2.40. The van der Waals surface area contributed by atoms with Crippen LogP contribution in [0.4, 0.5) is 11.4 Å². The fourth-order valence-electron chi connectivity index (χ4n) is 2.57. The molecule has 1 saturated heterocycles. The Morgan fingerprint density at radius 1 is 1.15 bits per heavy atom. The molecule has 0 aromatic heterocycles. The zero-order valence-electron chi connectivity index (χ0n) is 14.4. The molecule has 0 saturated carbocycles. The molecule has 138 valence electrons. The van der Waals surface area contributed by atoms with Gasteiger partial charge in [0.2, 0.25) is 5.75 Å². The number of nitro benzene ring substituents is 1. The van der Waals surface area contributed by atoms with Crippen LogP contribution < -0.4 is 14.4 Å². The molecule has 1 aliphatic heterocycles. The maximum Gasteiger partial charge on any atom is 0.311 e. The first-order chi connectivity index (χ1) is 13.0. The lowest BCUT2D eigenvalue weighted by Crippen LogP contribution is -2.27. The fraction of sp³-hybridized carbons (Fsp3) is 0.111. The molecule has 27 heavy (non-hydrogen) atoms. The second-order valence-electron chi connectivity index (χ2n) is 5.38. The molecule has 2 aromatic rings. The molecular weight excluding hydrogens is 388 g/mol.